The molecule has 94 valence electrons. The van der Waals surface area contributed by atoms with Crippen molar-refractivity contribution in [2.24, 2.45) is 0 Å². The molecule has 2 rings (SSSR count). The van der Waals surface area contributed by atoms with Crippen LogP contribution in [0, 0.1) is 17.1 Å². The van der Waals surface area contributed by atoms with Gasteiger partial charge in [0.1, 0.15) is 12.4 Å². The number of nitrogens with zero attached hydrogens (tertiary/aromatic N) is 2. The number of nitriles is 1. The molecule has 4 heteroatoms. The van der Waals surface area contributed by atoms with Crippen molar-refractivity contribution in [1.82, 2.24) is 4.90 Å². The molecule has 0 atom stereocenters. The molecule has 0 spiro atoms. The van der Waals surface area contributed by atoms with Crippen molar-refractivity contribution in [2.45, 2.75) is 24.7 Å². The third-order valence-electron chi connectivity index (χ3n) is 3.65. The molecule has 18 heavy (non-hydrogen) atoms. The minimum atomic E-state index is -0.617. The van der Waals surface area contributed by atoms with Crippen LogP contribution in [0.5, 0.6) is 0 Å². The van der Waals surface area contributed by atoms with Gasteiger partial charge < -0.3 is 4.90 Å². The Hall–Kier alpha value is -1.89. The molecule has 0 N–H and O–H groups in total. The Morgan fingerprint density at radius 3 is 2.78 bits per heavy atom. The third-order valence-corrected chi connectivity index (χ3v) is 3.65. The molecule has 1 aromatic rings. The van der Waals surface area contributed by atoms with E-state index in [4.69, 9.17) is 5.26 Å². The molecule has 0 radical (unpaired) electrons. The summed E-state index contributed by atoms with van der Waals surface area (Å²) in [5.41, 5.74) is 0.108. The number of hydrogen-bond acceptors (Lipinski definition) is 2. The number of hydrogen-bond donors (Lipinski definition) is 0. The summed E-state index contributed by atoms with van der Waals surface area (Å²) in [6.45, 7) is 0.0654. The predicted molar refractivity (Wildman–Crippen MR) is 65.2 cm³/mol. The van der Waals surface area contributed by atoms with Gasteiger partial charge in [-0.05, 0) is 30.5 Å². The highest BCUT2D eigenvalue weighted by Crippen LogP contribution is 2.45. The standard InChI is InChI=1S/C14H15FN2O/c1-17(9-8-16)13(18)14(6-3-7-14)11-4-2-5-12(15)10-11/h2,4-5,10H,3,6-7,9H2,1H3. The van der Waals surface area contributed by atoms with Gasteiger partial charge in [0, 0.05) is 7.05 Å². The van der Waals surface area contributed by atoms with E-state index in [0.29, 0.717) is 0 Å². The summed E-state index contributed by atoms with van der Waals surface area (Å²) in [7, 11) is 1.62. The first-order valence-electron chi connectivity index (χ1n) is 5.99. The summed E-state index contributed by atoms with van der Waals surface area (Å²) in [5, 5.41) is 8.65. The number of halogens is 1. The second-order valence-corrected chi connectivity index (χ2v) is 4.77. The number of benzene rings is 1. The highest BCUT2D eigenvalue weighted by Gasteiger charge is 2.47. The summed E-state index contributed by atoms with van der Waals surface area (Å²) >= 11 is 0. The number of amides is 1. The van der Waals surface area contributed by atoms with E-state index < -0.39 is 5.41 Å². The Morgan fingerprint density at radius 2 is 2.28 bits per heavy atom. The lowest BCUT2D eigenvalue weighted by molar-refractivity contribution is -0.138. The molecule has 1 fully saturated rings. The smallest absolute Gasteiger partial charge is 0.233 e. The summed E-state index contributed by atoms with van der Waals surface area (Å²) in [6, 6.07) is 8.18. The Morgan fingerprint density at radius 1 is 1.56 bits per heavy atom. The average molecular weight is 246 g/mol. The van der Waals surface area contributed by atoms with Gasteiger partial charge in [0.25, 0.3) is 0 Å². The number of rotatable bonds is 3. The topological polar surface area (TPSA) is 44.1 Å². The molecule has 0 aliphatic heterocycles. The van der Waals surface area contributed by atoms with Crippen LogP contribution in [0.3, 0.4) is 0 Å². The highest BCUT2D eigenvalue weighted by molar-refractivity contribution is 5.89. The van der Waals surface area contributed by atoms with Gasteiger partial charge in [-0.2, -0.15) is 5.26 Å². The molecular formula is C14H15FN2O. The molecule has 3 nitrogen and oxygen atoms in total. The van der Waals surface area contributed by atoms with Gasteiger partial charge in [0.15, 0.2) is 0 Å². The zero-order valence-corrected chi connectivity index (χ0v) is 10.3. The quantitative estimate of drug-likeness (QED) is 0.768. The van der Waals surface area contributed by atoms with Gasteiger partial charge >= 0.3 is 0 Å². The Bertz CT molecular complexity index is 503. The van der Waals surface area contributed by atoms with Crippen LogP contribution in [0.1, 0.15) is 24.8 Å². The van der Waals surface area contributed by atoms with Crippen LogP contribution in [0.2, 0.25) is 0 Å². The largest absolute Gasteiger partial charge is 0.332 e. The zero-order valence-electron chi connectivity index (χ0n) is 10.3. The van der Waals surface area contributed by atoms with Crippen LogP contribution in [0.15, 0.2) is 24.3 Å². The predicted octanol–water partition coefficient (Wildman–Crippen LogP) is 2.23. The van der Waals surface area contributed by atoms with E-state index in [2.05, 4.69) is 0 Å². The number of carbonyl (C=O) groups is 1. The summed E-state index contributed by atoms with van der Waals surface area (Å²) in [4.78, 5) is 13.8. The molecule has 1 aromatic carbocycles. The Labute approximate surface area is 106 Å². The molecule has 0 heterocycles. The van der Waals surface area contributed by atoms with Crippen molar-refractivity contribution in [2.75, 3.05) is 13.6 Å². The minimum Gasteiger partial charge on any atom is -0.332 e. The van der Waals surface area contributed by atoms with Crippen molar-refractivity contribution in [3.8, 4) is 6.07 Å². The molecule has 1 saturated carbocycles. The van der Waals surface area contributed by atoms with E-state index in [1.807, 2.05) is 6.07 Å². The fourth-order valence-corrected chi connectivity index (χ4v) is 2.49. The van der Waals surface area contributed by atoms with Gasteiger partial charge in [-0.15, -0.1) is 0 Å². The molecular weight excluding hydrogens is 231 g/mol. The van der Waals surface area contributed by atoms with Crippen LogP contribution < -0.4 is 0 Å². The van der Waals surface area contributed by atoms with Crippen molar-refractivity contribution in [1.29, 1.82) is 5.26 Å². The second kappa shape index (κ2) is 4.77. The first-order chi connectivity index (χ1) is 8.60. The average Bonchev–Trinajstić information content (AvgIpc) is 2.28. The fraction of sp³-hybridized carbons (Fsp3) is 0.429. The maximum atomic E-state index is 13.3. The van der Waals surface area contributed by atoms with E-state index >= 15 is 0 Å². The minimum absolute atomic E-state index is 0.0654. The molecule has 1 amide bonds. The van der Waals surface area contributed by atoms with Gasteiger partial charge in [-0.25, -0.2) is 4.39 Å². The lowest BCUT2D eigenvalue weighted by Crippen LogP contribution is -2.49. The van der Waals surface area contributed by atoms with Crippen molar-refractivity contribution >= 4 is 5.91 Å². The SMILES string of the molecule is CN(CC#N)C(=O)C1(c2cccc(F)c2)CCC1. The normalized spacial score (nSPS) is 16.5. The molecule has 0 unspecified atom stereocenters. The molecule has 1 aliphatic rings. The monoisotopic (exact) mass is 246 g/mol. The molecule has 0 saturated heterocycles. The van der Waals surface area contributed by atoms with Crippen LogP contribution in [-0.4, -0.2) is 24.4 Å². The van der Waals surface area contributed by atoms with Gasteiger partial charge in [0.2, 0.25) is 5.91 Å². The van der Waals surface area contributed by atoms with Crippen molar-refractivity contribution in [3.63, 3.8) is 0 Å². The lowest BCUT2D eigenvalue weighted by Gasteiger charge is -2.42. The van der Waals surface area contributed by atoms with E-state index in [1.54, 1.807) is 19.2 Å². The maximum absolute atomic E-state index is 13.3. The van der Waals surface area contributed by atoms with E-state index in [1.165, 1.54) is 17.0 Å². The van der Waals surface area contributed by atoms with E-state index in [-0.39, 0.29) is 18.3 Å². The van der Waals surface area contributed by atoms with Gasteiger partial charge in [-0.1, -0.05) is 18.6 Å². The van der Waals surface area contributed by atoms with Gasteiger partial charge in [0.05, 0.1) is 11.5 Å². The molecule has 0 bridgehead atoms. The Kier molecular flexibility index (Phi) is 3.33. The van der Waals surface area contributed by atoms with Crippen LogP contribution in [0.25, 0.3) is 0 Å². The summed E-state index contributed by atoms with van der Waals surface area (Å²) in [6.07, 6.45) is 2.42. The van der Waals surface area contributed by atoms with Crippen molar-refractivity contribution in [3.05, 3.63) is 35.6 Å². The summed E-state index contributed by atoms with van der Waals surface area (Å²) in [5.74, 6) is -0.407. The number of likely N-dealkylation sites (N-methyl/N-ethyl adjacent to an activating group) is 1. The van der Waals surface area contributed by atoms with Crippen molar-refractivity contribution < 1.29 is 9.18 Å². The van der Waals surface area contributed by atoms with E-state index in [9.17, 15) is 9.18 Å². The van der Waals surface area contributed by atoms with E-state index in [0.717, 1.165) is 24.8 Å². The first-order valence-corrected chi connectivity index (χ1v) is 5.99. The second-order valence-electron chi connectivity index (χ2n) is 4.77. The lowest BCUT2D eigenvalue weighted by atomic mass is 9.63. The van der Waals surface area contributed by atoms with Gasteiger partial charge in [-0.3, -0.25) is 4.79 Å². The third kappa shape index (κ3) is 1.97. The number of carbonyl (C=O) groups excluding carboxylic acids is 1. The van der Waals surface area contributed by atoms with Crippen LogP contribution >= 0.6 is 0 Å². The summed E-state index contributed by atoms with van der Waals surface area (Å²) < 4.78 is 13.3. The van der Waals surface area contributed by atoms with Crippen LogP contribution in [0.4, 0.5) is 4.39 Å². The first kappa shape index (κ1) is 12.6. The Balaban J connectivity index is 2.32. The maximum Gasteiger partial charge on any atom is 0.233 e. The van der Waals surface area contributed by atoms with Crippen LogP contribution in [-0.2, 0) is 10.2 Å². The zero-order chi connectivity index (χ0) is 13.2. The molecule has 1 aliphatic carbocycles. The fourth-order valence-electron chi connectivity index (χ4n) is 2.49. The molecule has 0 aromatic heterocycles. The highest BCUT2D eigenvalue weighted by atomic mass is 19.1.